The predicted molar refractivity (Wildman–Crippen MR) is 113 cm³/mol. The van der Waals surface area contributed by atoms with Gasteiger partial charge in [-0.15, -0.1) is 0 Å². The van der Waals surface area contributed by atoms with Crippen LogP contribution in [0, 0.1) is 0 Å². The van der Waals surface area contributed by atoms with Crippen molar-refractivity contribution in [3.63, 3.8) is 0 Å². The lowest BCUT2D eigenvalue weighted by atomic mass is 10.2. The van der Waals surface area contributed by atoms with Crippen molar-refractivity contribution < 1.29 is 28.4 Å². The van der Waals surface area contributed by atoms with Gasteiger partial charge in [0.05, 0.1) is 13.2 Å². The highest BCUT2D eigenvalue weighted by atomic mass is 16.6. The smallest absolute Gasteiger partial charge is 0.529 e. The summed E-state index contributed by atoms with van der Waals surface area (Å²) in [6.45, 7) is 4.22. The summed E-state index contributed by atoms with van der Waals surface area (Å²) in [6, 6.07) is 14.5. The maximum absolute atomic E-state index is 11.3. The second-order valence-electron chi connectivity index (χ2n) is 5.72. The van der Waals surface area contributed by atoms with Gasteiger partial charge in [0, 0.05) is 12.2 Å². The number of ether oxygens (including phenoxy) is 2. The van der Waals surface area contributed by atoms with E-state index in [-0.39, 0.29) is 19.6 Å². The van der Waals surface area contributed by atoms with Gasteiger partial charge in [0.2, 0.25) is 0 Å². The molecule has 0 atom stereocenters. The van der Waals surface area contributed by atoms with Gasteiger partial charge in [-0.1, -0.05) is 24.3 Å². The van der Waals surface area contributed by atoms with Gasteiger partial charge in [-0.2, -0.15) is 0 Å². The third-order valence-electron chi connectivity index (χ3n) is 3.61. The summed E-state index contributed by atoms with van der Waals surface area (Å²) in [6.07, 6.45) is 6.12. The second-order valence-corrected chi connectivity index (χ2v) is 5.72. The summed E-state index contributed by atoms with van der Waals surface area (Å²) >= 11 is 0. The van der Waals surface area contributed by atoms with Crippen LogP contribution in [0.5, 0.6) is 11.5 Å². The quantitative estimate of drug-likeness (QED) is 0.349. The maximum Gasteiger partial charge on any atom is 0.576 e. The lowest BCUT2D eigenvalue weighted by Gasteiger charge is -2.08. The average molecular weight is 394 g/mol. The molecule has 0 radical (unpaired) electrons. The van der Waals surface area contributed by atoms with Crippen molar-refractivity contribution >= 4 is 31.8 Å². The summed E-state index contributed by atoms with van der Waals surface area (Å²) in [5.41, 5.74) is 1.72. The fourth-order valence-electron chi connectivity index (χ4n) is 2.23. The zero-order chi connectivity index (χ0) is 20.9. The number of esters is 2. The Morgan fingerprint density at radius 2 is 1.10 bits per heavy atom. The Bertz CT molecular complexity index is 769. The van der Waals surface area contributed by atoms with E-state index < -0.39 is 0 Å². The van der Waals surface area contributed by atoms with Crippen LogP contribution in [0.15, 0.2) is 60.7 Å². The summed E-state index contributed by atoms with van der Waals surface area (Å²) in [7, 11) is 0.0516. The summed E-state index contributed by atoms with van der Waals surface area (Å²) < 4.78 is 20.8. The second kappa shape index (κ2) is 12.1. The van der Waals surface area contributed by atoms with Crippen molar-refractivity contribution in [3.05, 3.63) is 71.8 Å². The van der Waals surface area contributed by atoms with Crippen LogP contribution in [0.3, 0.4) is 0 Å². The van der Waals surface area contributed by atoms with E-state index in [0.29, 0.717) is 24.7 Å². The largest absolute Gasteiger partial charge is 0.576 e. The number of carbonyl (C=O) groups excluding carboxylic acids is 2. The number of carbonyl (C=O) groups is 2. The highest BCUT2D eigenvalue weighted by molar-refractivity contribution is 6.20. The van der Waals surface area contributed by atoms with E-state index in [1.54, 1.807) is 50.3 Å². The third-order valence-corrected chi connectivity index (χ3v) is 3.61. The molecule has 29 heavy (non-hydrogen) atoms. The molecule has 0 amide bonds. The van der Waals surface area contributed by atoms with Crippen molar-refractivity contribution in [2.45, 2.75) is 13.8 Å². The van der Waals surface area contributed by atoms with Crippen molar-refractivity contribution in [2.75, 3.05) is 13.2 Å². The van der Waals surface area contributed by atoms with Gasteiger partial charge < -0.3 is 18.8 Å². The summed E-state index contributed by atoms with van der Waals surface area (Å²) in [4.78, 5) is 22.6. The Morgan fingerprint density at radius 1 is 0.724 bits per heavy atom. The molecular weight excluding hydrogens is 371 g/mol. The Morgan fingerprint density at radius 3 is 1.45 bits per heavy atom. The van der Waals surface area contributed by atoms with Gasteiger partial charge in [-0.3, -0.25) is 0 Å². The van der Waals surface area contributed by atoms with Gasteiger partial charge in [-0.05, 0) is 61.4 Å². The summed E-state index contributed by atoms with van der Waals surface area (Å²) in [5.74, 6) is 0.548. The van der Waals surface area contributed by atoms with Crippen LogP contribution in [0.2, 0.25) is 0 Å². The molecule has 2 rings (SSSR count). The highest BCUT2D eigenvalue weighted by Gasteiger charge is 2.01. The average Bonchev–Trinajstić information content (AvgIpc) is 2.73. The molecule has 0 aromatic heterocycles. The van der Waals surface area contributed by atoms with Crippen molar-refractivity contribution in [3.8, 4) is 11.5 Å². The van der Waals surface area contributed by atoms with Gasteiger partial charge in [0.25, 0.3) is 0 Å². The van der Waals surface area contributed by atoms with Crippen LogP contribution in [0.4, 0.5) is 0 Å². The zero-order valence-electron chi connectivity index (χ0n) is 16.5. The molecule has 7 heteroatoms. The molecule has 0 unspecified atom stereocenters. The number of benzene rings is 2. The molecule has 0 saturated heterocycles. The van der Waals surface area contributed by atoms with Crippen LogP contribution in [-0.2, 0) is 19.1 Å². The summed E-state index contributed by atoms with van der Waals surface area (Å²) in [5, 5.41) is 0. The van der Waals surface area contributed by atoms with E-state index >= 15 is 0 Å². The molecule has 0 aliphatic heterocycles. The first-order chi connectivity index (χ1) is 14.1. The molecule has 6 nitrogen and oxygen atoms in total. The standard InChI is InChI=1S/C22H23BO6/c1-3-26-21(24)15-9-17-5-11-19(12-6-17)28-23-29-20-13-7-18(8-14-20)10-16-22(25)27-4-2/h5-16,23H,3-4H2,1-2H3. The van der Waals surface area contributed by atoms with E-state index in [0.717, 1.165) is 11.1 Å². The molecule has 0 aliphatic carbocycles. The van der Waals surface area contributed by atoms with Crippen LogP contribution >= 0.6 is 0 Å². The molecular formula is C22H23BO6. The first-order valence-electron chi connectivity index (χ1n) is 9.26. The van der Waals surface area contributed by atoms with E-state index in [2.05, 4.69) is 0 Å². The van der Waals surface area contributed by atoms with E-state index in [1.165, 1.54) is 12.2 Å². The lowest BCUT2D eigenvalue weighted by Crippen LogP contribution is -2.10. The van der Waals surface area contributed by atoms with Gasteiger partial charge in [0.15, 0.2) is 0 Å². The van der Waals surface area contributed by atoms with Crippen molar-refractivity contribution in [1.29, 1.82) is 0 Å². The maximum atomic E-state index is 11.3. The van der Waals surface area contributed by atoms with Gasteiger partial charge >= 0.3 is 19.6 Å². The molecule has 150 valence electrons. The molecule has 0 bridgehead atoms. The van der Waals surface area contributed by atoms with E-state index in [4.69, 9.17) is 18.8 Å². The topological polar surface area (TPSA) is 71.1 Å². The molecule has 2 aromatic carbocycles. The first-order valence-corrected chi connectivity index (χ1v) is 9.26. The zero-order valence-corrected chi connectivity index (χ0v) is 16.5. The predicted octanol–water partition coefficient (Wildman–Crippen LogP) is 3.56. The molecule has 0 heterocycles. The molecule has 2 aromatic rings. The number of hydrogen-bond donors (Lipinski definition) is 0. The van der Waals surface area contributed by atoms with E-state index in [9.17, 15) is 9.59 Å². The van der Waals surface area contributed by atoms with Gasteiger partial charge in [-0.25, -0.2) is 9.59 Å². The first kappa shape index (κ1) is 21.8. The minimum atomic E-state index is -0.372. The van der Waals surface area contributed by atoms with Crippen molar-refractivity contribution in [2.24, 2.45) is 0 Å². The molecule has 0 spiro atoms. The fraction of sp³-hybridized carbons (Fsp3) is 0.182. The SMILES string of the molecule is CCOC(=O)C=Cc1ccc(OBOc2ccc(C=CC(=O)OCC)cc2)cc1. The van der Waals surface area contributed by atoms with Crippen LogP contribution in [0.1, 0.15) is 25.0 Å². The fourth-order valence-corrected chi connectivity index (χ4v) is 2.23. The Hall–Kier alpha value is -3.48. The molecule has 0 aliphatic rings. The van der Waals surface area contributed by atoms with Crippen LogP contribution in [-0.4, -0.2) is 32.8 Å². The highest BCUT2D eigenvalue weighted by Crippen LogP contribution is 2.15. The van der Waals surface area contributed by atoms with Gasteiger partial charge in [0.1, 0.15) is 11.5 Å². The Balaban J connectivity index is 1.78. The Labute approximate surface area is 171 Å². The lowest BCUT2D eigenvalue weighted by molar-refractivity contribution is -0.138. The third kappa shape index (κ3) is 8.38. The minimum Gasteiger partial charge on any atom is -0.529 e. The minimum absolute atomic E-state index is 0.0516. The Kier molecular flexibility index (Phi) is 9.09. The number of rotatable bonds is 10. The van der Waals surface area contributed by atoms with Crippen LogP contribution < -0.4 is 9.31 Å². The normalized spacial score (nSPS) is 10.7. The van der Waals surface area contributed by atoms with Crippen LogP contribution in [0.25, 0.3) is 12.2 Å². The van der Waals surface area contributed by atoms with E-state index in [1.807, 2.05) is 24.3 Å². The molecule has 0 saturated carbocycles. The molecule has 0 N–H and O–H groups in total. The van der Waals surface area contributed by atoms with Crippen molar-refractivity contribution in [1.82, 2.24) is 0 Å². The molecule has 0 fully saturated rings. The number of hydrogen-bond acceptors (Lipinski definition) is 6. The monoisotopic (exact) mass is 394 g/mol.